The summed E-state index contributed by atoms with van der Waals surface area (Å²) in [4.78, 5) is 35.4. The first-order valence-corrected chi connectivity index (χ1v) is 6.35. The van der Waals surface area contributed by atoms with Gasteiger partial charge in [0.05, 0.1) is 12.5 Å². The first-order chi connectivity index (χ1) is 8.79. The second-order valence-corrected chi connectivity index (χ2v) is 5.26. The van der Waals surface area contributed by atoms with Crippen LogP contribution in [0, 0.1) is 11.8 Å². The van der Waals surface area contributed by atoms with Crippen molar-refractivity contribution in [2.24, 2.45) is 11.8 Å². The summed E-state index contributed by atoms with van der Waals surface area (Å²) in [5.41, 5.74) is 0. The molecule has 3 amide bonds. The number of imide groups is 1. The summed E-state index contributed by atoms with van der Waals surface area (Å²) in [6, 6.07) is -0.534. The van der Waals surface area contributed by atoms with E-state index in [2.05, 4.69) is 10.6 Å². The van der Waals surface area contributed by atoms with Crippen LogP contribution < -0.4 is 10.6 Å². The minimum Gasteiger partial charge on any atom is -0.481 e. The molecule has 1 atom stereocenters. The van der Waals surface area contributed by atoms with Crippen LogP contribution in [0.4, 0.5) is 4.79 Å². The lowest BCUT2D eigenvalue weighted by Crippen LogP contribution is -2.55. The Labute approximate surface area is 112 Å². The number of carboxylic acid groups (broad SMARTS) is 1. The van der Waals surface area contributed by atoms with Gasteiger partial charge >= 0.3 is 12.0 Å². The minimum absolute atomic E-state index is 0.0300. The minimum atomic E-state index is -0.814. The number of aliphatic carboxylic acids is 1. The van der Waals surface area contributed by atoms with E-state index in [0.29, 0.717) is 13.1 Å². The molecule has 3 N–H and O–H groups in total. The highest BCUT2D eigenvalue weighted by molar-refractivity contribution is 5.95. The molecule has 0 spiro atoms. The molecule has 1 aliphatic heterocycles. The molecule has 1 fully saturated rings. The van der Waals surface area contributed by atoms with Crippen molar-refractivity contribution < 1.29 is 19.5 Å². The lowest BCUT2D eigenvalue weighted by atomic mass is 9.87. The molecular weight excluding hydrogens is 250 g/mol. The van der Waals surface area contributed by atoms with E-state index >= 15 is 0 Å². The van der Waals surface area contributed by atoms with Crippen LogP contribution in [0.1, 0.15) is 20.8 Å². The number of carbonyl (C=O) groups is 3. The van der Waals surface area contributed by atoms with E-state index in [1.54, 1.807) is 20.8 Å². The average molecular weight is 271 g/mol. The number of carbonyl (C=O) groups excluding carboxylic acids is 2. The van der Waals surface area contributed by atoms with Crippen molar-refractivity contribution in [1.82, 2.24) is 15.5 Å². The maximum absolute atomic E-state index is 11.5. The van der Waals surface area contributed by atoms with Gasteiger partial charge in [-0.2, -0.15) is 0 Å². The highest BCUT2D eigenvalue weighted by Gasteiger charge is 2.35. The fourth-order valence-electron chi connectivity index (χ4n) is 1.92. The second kappa shape index (κ2) is 6.51. The SMILES string of the molecule is CC(C)NC(=O)NC(=O)CN1CC(C(C)C(=O)O)C1. The van der Waals surface area contributed by atoms with E-state index in [-0.39, 0.29) is 24.4 Å². The van der Waals surface area contributed by atoms with Crippen LogP contribution in [-0.4, -0.2) is 53.6 Å². The Balaban J connectivity index is 2.22. The molecule has 1 rings (SSSR count). The van der Waals surface area contributed by atoms with Gasteiger partial charge in [-0.3, -0.25) is 19.8 Å². The first kappa shape index (κ1) is 15.4. The van der Waals surface area contributed by atoms with Crippen LogP contribution in [0.3, 0.4) is 0 Å². The summed E-state index contributed by atoms with van der Waals surface area (Å²) >= 11 is 0. The van der Waals surface area contributed by atoms with Crippen LogP contribution >= 0.6 is 0 Å². The van der Waals surface area contributed by atoms with Gasteiger partial charge in [0, 0.05) is 19.1 Å². The van der Waals surface area contributed by atoms with Crippen molar-refractivity contribution in [3.05, 3.63) is 0 Å². The third kappa shape index (κ3) is 4.86. The normalized spacial score (nSPS) is 17.7. The number of hydrogen-bond donors (Lipinski definition) is 3. The van der Waals surface area contributed by atoms with Gasteiger partial charge in [-0.1, -0.05) is 6.92 Å². The number of hydrogen-bond acceptors (Lipinski definition) is 4. The maximum atomic E-state index is 11.5. The Hall–Kier alpha value is -1.63. The summed E-state index contributed by atoms with van der Waals surface area (Å²) < 4.78 is 0. The molecule has 19 heavy (non-hydrogen) atoms. The van der Waals surface area contributed by atoms with Crippen molar-refractivity contribution in [1.29, 1.82) is 0 Å². The van der Waals surface area contributed by atoms with Crippen molar-refractivity contribution >= 4 is 17.9 Å². The average Bonchev–Trinajstić information content (AvgIpc) is 2.20. The number of rotatable bonds is 5. The Kier molecular flexibility index (Phi) is 5.29. The molecule has 1 unspecified atom stereocenters. The zero-order valence-electron chi connectivity index (χ0n) is 11.5. The molecule has 0 aromatic heterocycles. The molecule has 0 saturated carbocycles. The van der Waals surface area contributed by atoms with Gasteiger partial charge in [0.1, 0.15) is 0 Å². The highest BCUT2D eigenvalue weighted by atomic mass is 16.4. The van der Waals surface area contributed by atoms with Crippen molar-refractivity contribution in [2.45, 2.75) is 26.8 Å². The van der Waals surface area contributed by atoms with E-state index in [4.69, 9.17) is 5.11 Å². The number of urea groups is 1. The molecule has 0 radical (unpaired) electrons. The zero-order chi connectivity index (χ0) is 14.6. The first-order valence-electron chi connectivity index (χ1n) is 6.35. The smallest absolute Gasteiger partial charge is 0.321 e. The van der Waals surface area contributed by atoms with Crippen LogP contribution in [-0.2, 0) is 9.59 Å². The standard InChI is InChI=1S/C12H21N3O4/c1-7(2)13-12(19)14-10(16)6-15-4-9(5-15)8(3)11(17)18/h7-9H,4-6H2,1-3H3,(H,17,18)(H2,13,14,16,19). The zero-order valence-corrected chi connectivity index (χ0v) is 11.5. The number of carboxylic acids is 1. The fourth-order valence-corrected chi connectivity index (χ4v) is 1.92. The van der Waals surface area contributed by atoms with Crippen LogP contribution in [0.25, 0.3) is 0 Å². The molecule has 1 heterocycles. The molecule has 0 aliphatic carbocycles. The van der Waals surface area contributed by atoms with Crippen molar-refractivity contribution in [3.63, 3.8) is 0 Å². The Morgan fingerprint density at radius 3 is 2.32 bits per heavy atom. The maximum Gasteiger partial charge on any atom is 0.321 e. The molecule has 0 bridgehead atoms. The summed E-state index contributed by atoms with van der Waals surface area (Å²) in [7, 11) is 0. The Bertz CT molecular complexity index is 364. The van der Waals surface area contributed by atoms with Gasteiger partial charge in [0.25, 0.3) is 0 Å². The van der Waals surface area contributed by atoms with Gasteiger partial charge in [0.15, 0.2) is 0 Å². The third-order valence-electron chi connectivity index (χ3n) is 3.12. The van der Waals surface area contributed by atoms with Gasteiger partial charge in [0.2, 0.25) is 5.91 Å². The number of nitrogens with one attached hydrogen (secondary N) is 2. The lowest BCUT2D eigenvalue weighted by Gasteiger charge is -2.40. The molecule has 7 heteroatoms. The second-order valence-electron chi connectivity index (χ2n) is 5.26. The van der Waals surface area contributed by atoms with E-state index in [0.717, 1.165) is 0 Å². The van der Waals surface area contributed by atoms with Gasteiger partial charge < -0.3 is 10.4 Å². The van der Waals surface area contributed by atoms with Gasteiger partial charge in [-0.25, -0.2) is 4.79 Å². The monoisotopic (exact) mass is 271 g/mol. The highest BCUT2D eigenvalue weighted by Crippen LogP contribution is 2.23. The van der Waals surface area contributed by atoms with Crippen LogP contribution in [0.5, 0.6) is 0 Å². The fraction of sp³-hybridized carbons (Fsp3) is 0.750. The number of likely N-dealkylation sites (tertiary alicyclic amines) is 1. The summed E-state index contributed by atoms with van der Waals surface area (Å²) in [5, 5.41) is 13.6. The molecule has 1 saturated heterocycles. The lowest BCUT2D eigenvalue weighted by molar-refractivity contribution is -0.145. The molecule has 0 aromatic rings. The molecule has 1 aliphatic rings. The van der Waals surface area contributed by atoms with Crippen LogP contribution in [0.2, 0.25) is 0 Å². The van der Waals surface area contributed by atoms with E-state index in [1.165, 1.54) is 0 Å². The van der Waals surface area contributed by atoms with Gasteiger partial charge in [-0.05, 0) is 19.8 Å². The summed E-state index contributed by atoms with van der Waals surface area (Å²) in [6.07, 6.45) is 0. The number of nitrogens with zero attached hydrogens (tertiary/aromatic N) is 1. The molecular formula is C12H21N3O4. The van der Waals surface area contributed by atoms with E-state index < -0.39 is 17.9 Å². The predicted molar refractivity (Wildman–Crippen MR) is 68.5 cm³/mol. The van der Waals surface area contributed by atoms with Crippen LogP contribution in [0.15, 0.2) is 0 Å². The quantitative estimate of drug-likeness (QED) is 0.647. The Morgan fingerprint density at radius 1 is 1.26 bits per heavy atom. The largest absolute Gasteiger partial charge is 0.481 e. The molecule has 7 nitrogen and oxygen atoms in total. The van der Waals surface area contributed by atoms with Gasteiger partial charge in [-0.15, -0.1) is 0 Å². The topological polar surface area (TPSA) is 98.7 Å². The van der Waals surface area contributed by atoms with E-state index in [1.807, 2.05) is 4.90 Å². The predicted octanol–water partition coefficient (Wildman–Crippen LogP) is -0.127. The van der Waals surface area contributed by atoms with E-state index in [9.17, 15) is 14.4 Å². The van der Waals surface area contributed by atoms with Crippen molar-refractivity contribution in [2.75, 3.05) is 19.6 Å². The number of amides is 3. The molecule has 0 aromatic carbocycles. The summed E-state index contributed by atoms with van der Waals surface area (Å²) in [6.45, 7) is 6.54. The Morgan fingerprint density at radius 2 is 1.84 bits per heavy atom. The van der Waals surface area contributed by atoms with Crippen molar-refractivity contribution in [3.8, 4) is 0 Å². The third-order valence-corrected chi connectivity index (χ3v) is 3.12. The summed E-state index contributed by atoms with van der Waals surface area (Å²) in [5.74, 6) is -1.51. The molecule has 108 valence electrons.